The molecule has 0 saturated carbocycles. The lowest BCUT2D eigenvalue weighted by atomic mass is 9.96. The average Bonchev–Trinajstić information content (AvgIpc) is 3.18. The Morgan fingerprint density at radius 2 is 2.00 bits per heavy atom. The fourth-order valence-electron chi connectivity index (χ4n) is 3.54. The number of carbonyl (C=O) groups excluding carboxylic acids is 1. The van der Waals surface area contributed by atoms with Crippen LogP contribution in [0.4, 0.5) is 24.7 Å². The number of carbonyl (C=O) groups is 1. The molecule has 2 heterocycles. The van der Waals surface area contributed by atoms with E-state index >= 15 is 0 Å². The van der Waals surface area contributed by atoms with Gasteiger partial charge in [0.2, 0.25) is 0 Å². The van der Waals surface area contributed by atoms with Gasteiger partial charge in [-0.25, -0.2) is 4.68 Å². The Labute approximate surface area is 184 Å². The number of rotatable bonds is 4. The van der Waals surface area contributed by atoms with Crippen LogP contribution >= 0.6 is 15.9 Å². The molecule has 0 radical (unpaired) electrons. The molecule has 6 nitrogen and oxygen atoms in total. The molecule has 1 aromatic heterocycles. The summed E-state index contributed by atoms with van der Waals surface area (Å²) < 4.78 is 48.4. The number of nitrogens with zero attached hydrogens (tertiary/aromatic N) is 2. The Balaban J connectivity index is 1.68. The summed E-state index contributed by atoms with van der Waals surface area (Å²) >= 11 is 3.31. The SMILES string of the molecule is COc1cccc([C@@H]2C[C@@H](C(F)(F)F)n3ncc(C(=O)Nc4ccc(Br)cc4)c3N2)c1. The first-order valence-electron chi connectivity index (χ1n) is 9.38. The van der Waals surface area contributed by atoms with Gasteiger partial charge in [0.15, 0.2) is 6.04 Å². The largest absolute Gasteiger partial charge is 0.497 e. The van der Waals surface area contributed by atoms with Crippen molar-refractivity contribution in [2.45, 2.75) is 24.7 Å². The summed E-state index contributed by atoms with van der Waals surface area (Å²) in [6, 6.07) is 11.2. The minimum atomic E-state index is -4.53. The Morgan fingerprint density at radius 1 is 1.26 bits per heavy atom. The normalized spacial score (nSPS) is 18.1. The van der Waals surface area contributed by atoms with E-state index in [1.807, 2.05) is 0 Å². The van der Waals surface area contributed by atoms with Crippen LogP contribution in [-0.4, -0.2) is 29.0 Å². The third kappa shape index (κ3) is 4.39. The van der Waals surface area contributed by atoms with Crippen LogP contribution in [-0.2, 0) is 0 Å². The third-order valence-corrected chi connectivity index (χ3v) is 5.61. The Morgan fingerprint density at radius 3 is 2.68 bits per heavy atom. The Bertz CT molecular complexity index is 1100. The van der Waals surface area contributed by atoms with Gasteiger partial charge in [-0.2, -0.15) is 18.3 Å². The molecule has 3 aromatic rings. The lowest BCUT2D eigenvalue weighted by Crippen LogP contribution is -2.36. The van der Waals surface area contributed by atoms with Crippen LogP contribution in [0, 0.1) is 0 Å². The van der Waals surface area contributed by atoms with E-state index in [0.29, 0.717) is 17.0 Å². The van der Waals surface area contributed by atoms with Gasteiger partial charge >= 0.3 is 6.18 Å². The van der Waals surface area contributed by atoms with E-state index in [2.05, 4.69) is 31.7 Å². The first-order valence-corrected chi connectivity index (χ1v) is 10.2. The number of methoxy groups -OCH3 is 1. The molecule has 1 aliphatic heterocycles. The quantitative estimate of drug-likeness (QED) is 0.497. The van der Waals surface area contributed by atoms with Crippen molar-refractivity contribution in [2.75, 3.05) is 17.7 Å². The number of alkyl halides is 3. The number of anilines is 2. The summed E-state index contributed by atoms with van der Waals surface area (Å²) in [7, 11) is 1.49. The smallest absolute Gasteiger partial charge is 0.410 e. The molecule has 0 bridgehead atoms. The Kier molecular flexibility index (Phi) is 5.65. The molecule has 31 heavy (non-hydrogen) atoms. The van der Waals surface area contributed by atoms with E-state index in [4.69, 9.17) is 4.74 Å². The standard InChI is InChI=1S/C21H18BrF3N4O2/c1-31-15-4-2-3-12(9-15)17-10-18(21(23,24)25)29-19(28-17)16(11-26-29)20(30)27-14-7-5-13(22)6-8-14/h2-9,11,17-18,28H,10H2,1H3,(H,27,30)/t17-,18-/m0/s1. The zero-order valence-electron chi connectivity index (χ0n) is 16.3. The molecule has 162 valence electrons. The average molecular weight is 495 g/mol. The van der Waals surface area contributed by atoms with E-state index in [1.165, 1.54) is 7.11 Å². The first-order chi connectivity index (χ1) is 14.8. The zero-order valence-corrected chi connectivity index (χ0v) is 17.9. The fourth-order valence-corrected chi connectivity index (χ4v) is 3.80. The van der Waals surface area contributed by atoms with Crippen LogP contribution in [0.2, 0.25) is 0 Å². The number of fused-ring (bicyclic) bond motifs is 1. The number of amides is 1. The first kappa shape index (κ1) is 21.2. The second-order valence-electron chi connectivity index (χ2n) is 7.08. The maximum Gasteiger partial charge on any atom is 0.410 e. The molecule has 2 aromatic carbocycles. The molecule has 0 fully saturated rings. The van der Waals surface area contributed by atoms with Crippen LogP contribution in [0.15, 0.2) is 59.2 Å². The highest BCUT2D eigenvalue weighted by Crippen LogP contribution is 2.44. The highest BCUT2D eigenvalue weighted by atomic mass is 79.9. The predicted octanol–water partition coefficient (Wildman–Crippen LogP) is 5.57. The summed E-state index contributed by atoms with van der Waals surface area (Å²) in [6.45, 7) is 0. The minimum absolute atomic E-state index is 0.0241. The van der Waals surface area contributed by atoms with E-state index in [-0.39, 0.29) is 17.8 Å². The molecule has 0 spiro atoms. The number of hydrogen-bond donors (Lipinski definition) is 2. The van der Waals surface area contributed by atoms with E-state index in [9.17, 15) is 18.0 Å². The molecule has 0 unspecified atom stereocenters. The van der Waals surface area contributed by atoms with E-state index in [0.717, 1.165) is 15.4 Å². The molecular weight excluding hydrogens is 477 g/mol. The summed E-state index contributed by atoms with van der Waals surface area (Å²) in [5, 5.41) is 9.65. The van der Waals surface area contributed by atoms with Gasteiger partial charge in [-0.1, -0.05) is 28.1 Å². The molecule has 4 rings (SSSR count). The van der Waals surface area contributed by atoms with E-state index in [1.54, 1.807) is 48.5 Å². The molecule has 1 amide bonds. The molecule has 2 atom stereocenters. The number of nitrogens with one attached hydrogen (secondary N) is 2. The van der Waals surface area contributed by atoms with Crippen molar-refractivity contribution in [3.8, 4) is 5.75 Å². The summed E-state index contributed by atoms with van der Waals surface area (Å²) in [6.07, 6.45) is -3.64. The van der Waals surface area contributed by atoms with Gasteiger partial charge in [0.05, 0.1) is 19.3 Å². The second kappa shape index (κ2) is 8.26. The van der Waals surface area contributed by atoms with Crippen molar-refractivity contribution in [3.63, 3.8) is 0 Å². The number of aromatic nitrogens is 2. The van der Waals surface area contributed by atoms with Gasteiger partial charge < -0.3 is 15.4 Å². The van der Waals surface area contributed by atoms with Crippen molar-refractivity contribution in [3.05, 3.63) is 70.3 Å². The van der Waals surface area contributed by atoms with Crippen LogP contribution in [0.3, 0.4) is 0 Å². The monoisotopic (exact) mass is 494 g/mol. The van der Waals surface area contributed by atoms with Crippen molar-refractivity contribution < 1.29 is 22.7 Å². The lowest BCUT2D eigenvalue weighted by molar-refractivity contribution is -0.173. The molecule has 0 saturated heterocycles. The summed E-state index contributed by atoms with van der Waals surface area (Å²) in [4.78, 5) is 12.8. The van der Waals surface area contributed by atoms with E-state index < -0.39 is 24.2 Å². The molecule has 1 aliphatic rings. The number of hydrogen-bond acceptors (Lipinski definition) is 4. The number of ether oxygens (including phenoxy) is 1. The molecule has 0 aliphatic carbocycles. The molecular formula is C21H18BrF3N4O2. The van der Waals surface area contributed by atoms with Crippen LogP contribution in [0.1, 0.15) is 34.4 Å². The summed E-state index contributed by atoms with van der Waals surface area (Å²) in [5.41, 5.74) is 1.17. The maximum absolute atomic E-state index is 13.8. The van der Waals surface area contributed by atoms with Crippen molar-refractivity contribution in [2.24, 2.45) is 0 Å². The lowest BCUT2D eigenvalue weighted by Gasteiger charge is -2.34. The van der Waals surface area contributed by atoms with Gasteiger partial charge in [0, 0.05) is 16.6 Å². The number of benzene rings is 2. The predicted molar refractivity (Wildman–Crippen MR) is 113 cm³/mol. The van der Waals surface area contributed by atoms with Gasteiger partial charge in [0.25, 0.3) is 5.91 Å². The van der Waals surface area contributed by atoms with Crippen LogP contribution in [0.25, 0.3) is 0 Å². The van der Waals surface area contributed by atoms with Gasteiger partial charge in [-0.15, -0.1) is 0 Å². The van der Waals surface area contributed by atoms with Gasteiger partial charge in [-0.3, -0.25) is 4.79 Å². The fraction of sp³-hybridized carbons (Fsp3) is 0.238. The van der Waals surface area contributed by atoms with Crippen molar-refractivity contribution in [1.29, 1.82) is 0 Å². The zero-order chi connectivity index (χ0) is 22.2. The van der Waals surface area contributed by atoms with Crippen molar-refractivity contribution >= 4 is 33.3 Å². The van der Waals surface area contributed by atoms with Crippen LogP contribution in [0.5, 0.6) is 5.75 Å². The maximum atomic E-state index is 13.8. The highest BCUT2D eigenvalue weighted by molar-refractivity contribution is 9.10. The van der Waals surface area contributed by atoms with Crippen LogP contribution < -0.4 is 15.4 Å². The third-order valence-electron chi connectivity index (χ3n) is 5.08. The minimum Gasteiger partial charge on any atom is -0.497 e. The summed E-state index contributed by atoms with van der Waals surface area (Å²) in [5.74, 6) is 0.00874. The van der Waals surface area contributed by atoms with Crippen molar-refractivity contribution in [1.82, 2.24) is 9.78 Å². The molecule has 10 heteroatoms. The topological polar surface area (TPSA) is 68.2 Å². The Hall–Kier alpha value is -3.01. The number of halogens is 4. The van der Waals surface area contributed by atoms with Gasteiger partial charge in [-0.05, 0) is 42.0 Å². The van der Waals surface area contributed by atoms with Gasteiger partial charge in [0.1, 0.15) is 17.1 Å². The highest BCUT2D eigenvalue weighted by Gasteiger charge is 2.47. The second-order valence-corrected chi connectivity index (χ2v) is 7.99. The molecule has 2 N–H and O–H groups in total.